The highest BCUT2D eigenvalue weighted by Gasteiger charge is 2.18. The normalized spacial score (nSPS) is 17.7. The minimum absolute atomic E-state index is 0.279. The van der Waals surface area contributed by atoms with Gasteiger partial charge >= 0.3 is 0 Å². The molecule has 0 unspecified atom stereocenters. The molecular formula is C13H10O2. The molecule has 1 aromatic carbocycles. The topological polar surface area (TPSA) is 29.5 Å². The fraction of sp³-hybridized carbons (Fsp3) is 0.0769. The number of aliphatic hydroxyl groups excluding tert-OH is 1. The highest BCUT2D eigenvalue weighted by atomic mass is 16.5. The van der Waals surface area contributed by atoms with Crippen LogP contribution in [-0.4, -0.2) is 5.11 Å². The molecule has 0 atom stereocenters. The molecule has 3 rings (SSSR count). The Balaban J connectivity index is 2.11. The van der Waals surface area contributed by atoms with E-state index in [9.17, 15) is 5.11 Å². The van der Waals surface area contributed by atoms with Crippen molar-refractivity contribution in [3.8, 4) is 5.75 Å². The fourth-order valence-electron chi connectivity index (χ4n) is 1.83. The molecule has 2 nitrogen and oxygen atoms in total. The van der Waals surface area contributed by atoms with E-state index in [0.29, 0.717) is 0 Å². The summed E-state index contributed by atoms with van der Waals surface area (Å²) in [5.74, 6) is 1.89. The van der Waals surface area contributed by atoms with Crippen molar-refractivity contribution in [3.05, 3.63) is 59.1 Å². The fourth-order valence-corrected chi connectivity index (χ4v) is 1.83. The second-order valence-corrected chi connectivity index (χ2v) is 3.65. The van der Waals surface area contributed by atoms with Gasteiger partial charge in [-0.1, -0.05) is 18.2 Å². The van der Waals surface area contributed by atoms with E-state index in [1.165, 1.54) is 0 Å². The van der Waals surface area contributed by atoms with Crippen LogP contribution < -0.4 is 4.74 Å². The van der Waals surface area contributed by atoms with Gasteiger partial charge in [0, 0.05) is 11.6 Å². The monoisotopic (exact) mass is 198 g/mol. The van der Waals surface area contributed by atoms with E-state index < -0.39 is 0 Å². The molecule has 0 aromatic heterocycles. The minimum Gasteiger partial charge on any atom is -0.508 e. The molecule has 2 heteroatoms. The number of fused-ring (bicyclic) bond motifs is 2. The van der Waals surface area contributed by atoms with Gasteiger partial charge in [-0.2, -0.15) is 0 Å². The van der Waals surface area contributed by atoms with Crippen molar-refractivity contribution < 1.29 is 9.84 Å². The van der Waals surface area contributed by atoms with Crippen LogP contribution in [0.1, 0.15) is 12.0 Å². The third kappa shape index (κ3) is 1.34. The van der Waals surface area contributed by atoms with Gasteiger partial charge in [-0.05, 0) is 30.2 Å². The number of allylic oxidation sites excluding steroid dienone is 3. The SMILES string of the molecule is OC1=CCC2=Cc3ccccc3OC2=C1. The lowest BCUT2D eigenvalue weighted by Crippen LogP contribution is -2.08. The van der Waals surface area contributed by atoms with Crippen LogP contribution in [-0.2, 0) is 0 Å². The van der Waals surface area contributed by atoms with E-state index in [1.807, 2.05) is 24.3 Å². The van der Waals surface area contributed by atoms with Gasteiger partial charge in [0.15, 0.2) is 0 Å². The summed E-state index contributed by atoms with van der Waals surface area (Å²) in [4.78, 5) is 0. The third-order valence-corrected chi connectivity index (χ3v) is 2.60. The quantitative estimate of drug-likeness (QED) is 0.693. The Morgan fingerprint density at radius 3 is 2.93 bits per heavy atom. The van der Waals surface area contributed by atoms with Crippen LogP contribution in [0.3, 0.4) is 0 Å². The Morgan fingerprint density at radius 2 is 2.00 bits per heavy atom. The van der Waals surface area contributed by atoms with E-state index in [1.54, 1.807) is 12.2 Å². The predicted octanol–water partition coefficient (Wildman–Crippen LogP) is 3.19. The Morgan fingerprint density at radius 1 is 1.13 bits per heavy atom. The third-order valence-electron chi connectivity index (χ3n) is 2.60. The summed E-state index contributed by atoms with van der Waals surface area (Å²) in [6.45, 7) is 0. The summed E-state index contributed by atoms with van der Waals surface area (Å²) in [7, 11) is 0. The van der Waals surface area contributed by atoms with Gasteiger partial charge in [0.25, 0.3) is 0 Å². The number of para-hydroxylation sites is 1. The smallest absolute Gasteiger partial charge is 0.134 e. The van der Waals surface area contributed by atoms with E-state index in [0.717, 1.165) is 29.1 Å². The van der Waals surface area contributed by atoms with E-state index in [-0.39, 0.29) is 5.76 Å². The molecule has 1 aliphatic heterocycles. The zero-order valence-corrected chi connectivity index (χ0v) is 8.10. The number of hydrogen-bond donors (Lipinski definition) is 1. The Labute approximate surface area is 87.8 Å². The maximum absolute atomic E-state index is 9.37. The average molecular weight is 198 g/mol. The number of benzene rings is 1. The van der Waals surface area contributed by atoms with Crippen molar-refractivity contribution in [2.45, 2.75) is 6.42 Å². The van der Waals surface area contributed by atoms with Gasteiger partial charge in [0.05, 0.1) is 0 Å². The molecule has 1 aliphatic carbocycles. The highest BCUT2D eigenvalue weighted by Crippen LogP contribution is 2.35. The zero-order chi connectivity index (χ0) is 10.3. The van der Waals surface area contributed by atoms with E-state index in [4.69, 9.17) is 4.74 Å². The number of rotatable bonds is 0. The molecule has 0 spiro atoms. The van der Waals surface area contributed by atoms with Crippen molar-refractivity contribution in [1.82, 2.24) is 0 Å². The number of ether oxygens (including phenoxy) is 1. The van der Waals surface area contributed by atoms with Gasteiger partial charge in [0.1, 0.15) is 17.3 Å². The average Bonchev–Trinajstić information content (AvgIpc) is 2.26. The second-order valence-electron chi connectivity index (χ2n) is 3.65. The molecule has 1 heterocycles. The molecule has 0 amide bonds. The molecule has 1 N–H and O–H groups in total. The van der Waals surface area contributed by atoms with Crippen LogP contribution in [0.25, 0.3) is 6.08 Å². The Bertz CT molecular complexity index is 507. The maximum Gasteiger partial charge on any atom is 0.134 e. The number of hydrogen-bond acceptors (Lipinski definition) is 2. The lowest BCUT2D eigenvalue weighted by molar-refractivity contribution is 0.395. The first-order valence-corrected chi connectivity index (χ1v) is 4.91. The second kappa shape index (κ2) is 3.02. The van der Waals surface area contributed by atoms with Crippen LogP contribution in [0.15, 0.2) is 53.5 Å². The summed E-state index contributed by atoms with van der Waals surface area (Å²) in [6.07, 6.45) is 6.28. The molecule has 0 radical (unpaired) electrons. The van der Waals surface area contributed by atoms with Crippen LogP contribution in [0, 0.1) is 0 Å². The first kappa shape index (κ1) is 8.36. The highest BCUT2D eigenvalue weighted by molar-refractivity contribution is 5.68. The van der Waals surface area contributed by atoms with Crippen molar-refractivity contribution in [2.75, 3.05) is 0 Å². The summed E-state index contributed by atoms with van der Waals surface area (Å²) in [5.41, 5.74) is 2.21. The maximum atomic E-state index is 9.37. The Kier molecular flexibility index (Phi) is 1.68. The standard InChI is InChI=1S/C13H10O2/c14-11-6-5-10-7-9-3-1-2-4-12(9)15-13(10)8-11/h1-4,6-8,14H,5H2. The van der Waals surface area contributed by atoms with Gasteiger partial charge < -0.3 is 9.84 Å². The van der Waals surface area contributed by atoms with Crippen LogP contribution in [0.4, 0.5) is 0 Å². The van der Waals surface area contributed by atoms with E-state index >= 15 is 0 Å². The molecule has 15 heavy (non-hydrogen) atoms. The molecule has 1 aromatic rings. The minimum atomic E-state index is 0.279. The van der Waals surface area contributed by atoms with Crippen molar-refractivity contribution in [1.29, 1.82) is 0 Å². The van der Waals surface area contributed by atoms with Gasteiger partial charge in [0.2, 0.25) is 0 Å². The van der Waals surface area contributed by atoms with Crippen molar-refractivity contribution in [2.24, 2.45) is 0 Å². The molecule has 2 aliphatic rings. The van der Waals surface area contributed by atoms with Crippen LogP contribution in [0.2, 0.25) is 0 Å². The van der Waals surface area contributed by atoms with Gasteiger partial charge in [-0.25, -0.2) is 0 Å². The molecule has 0 saturated carbocycles. The first-order valence-electron chi connectivity index (χ1n) is 4.91. The van der Waals surface area contributed by atoms with Crippen molar-refractivity contribution in [3.63, 3.8) is 0 Å². The number of aliphatic hydroxyl groups is 1. The largest absolute Gasteiger partial charge is 0.508 e. The lowest BCUT2D eigenvalue weighted by atomic mass is 9.99. The summed E-state index contributed by atoms with van der Waals surface area (Å²) < 4.78 is 5.70. The summed E-state index contributed by atoms with van der Waals surface area (Å²) in [6, 6.07) is 7.89. The molecular weight excluding hydrogens is 188 g/mol. The predicted molar refractivity (Wildman–Crippen MR) is 58.5 cm³/mol. The molecule has 74 valence electrons. The molecule has 0 fully saturated rings. The summed E-state index contributed by atoms with van der Waals surface area (Å²) in [5, 5.41) is 9.37. The van der Waals surface area contributed by atoms with E-state index in [2.05, 4.69) is 6.08 Å². The molecule has 0 bridgehead atoms. The zero-order valence-electron chi connectivity index (χ0n) is 8.10. The van der Waals surface area contributed by atoms with Crippen molar-refractivity contribution >= 4 is 6.08 Å². The van der Waals surface area contributed by atoms with Gasteiger partial charge in [-0.15, -0.1) is 0 Å². The first-order chi connectivity index (χ1) is 7.33. The lowest BCUT2D eigenvalue weighted by Gasteiger charge is -2.21. The Hall–Kier alpha value is -1.96. The summed E-state index contributed by atoms with van der Waals surface area (Å²) >= 11 is 0. The van der Waals surface area contributed by atoms with Crippen LogP contribution in [0.5, 0.6) is 5.75 Å². The van der Waals surface area contributed by atoms with Gasteiger partial charge in [-0.3, -0.25) is 0 Å². The molecule has 0 saturated heterocycles. The van der Waals surface area contributed by atoms with Crippen LogP contribution >= 0.6 is 0 Å².